The van der Waals surface area contributed by atoms with Crippen LogP contribution in [0.3, 0.4) is 0 Å². The Morgan fingerprint density at radius 2 is 1.46 bits per heavy atom. The van der Waals surface area contributed by atoms with E-state index in [0.29, 0.717) is 6.42 Å². The molecule has 0 spiro atoms. The molecule has 2 radical (unpaired) electrons. The summed E-state index contributed by atoms with van der Waals surface area (Å²) < 4.78 is 1.89. The van der Waals surface area contributed by atoms with Crippen LogP contribution in [0.1, 0.15) is 78.8 Å². The Kier molecular flexibility index (Phi) is 18.2. The molecule has 0 saturated carbocycles. The fourth-order valence-electron chi connectivity index (χ4n) is 2.71. The summed E-state index contributed by atoms with van der Waals surface area (Å²) >= 11 is 0. The Morgan fingerprint density at radius 3 is 1.75 bits per heavy atom. The van der Waals surface area contributed by atoms with E-state index in [4.69, 9.17) is 0 Å². The van der Waals surface area contributed by atoms with Crippen LogP contribution in [0.5, 0.6) is 0 Å². The third-order valence-electron chi connectivity index (χ3n) is 3.65. The van der Waals surface area contributed by atoms with Crippen LogP contribution in [0.25, 0.3) is 0 Å². The molecule has 0 bridgehead atoms. The molecular formula is C19H39CaN3O. The summed E-state index contributed by atoms with van der Waals surface area (Å²) in [7, 11) is 1.95. The molecule has 0 N–H and O–H groups in total. The Bertz CT molecular complexity index is 446. The van der Waals surface area contributed by atoms with Gasteiger partial charge in [-0.15, -0.1) is 0 Å². The minimum atomic E-state index is 0. The third-order valence-corrected chi connectivity index (χ3v) is 3.65. The van der Waals surface area contributed by atoms with Gasteiger partial charge in [-0.05, 0) is 53.5 Å². The average molecular weight is 366 g/mol. The van der Waals surface area contributed by atoms with Gasteiger partial charge in [0.05, 0.1) is 5.69 Å². The predicted molar refractivity (Wildman–Crippen MR) is 107 cm³/mol. The Morgan fingerprint density at radius 1 is 1.04 bits per heavy atom. The number of amides is 1. The summed E-state index contributed by atoms with van der Waals surface area (Å²) in [4.78, 5) is 14.3. The molecule has 0 aromatic carbocycles. The Hall–Kier alpha value is -0.0603. The summed E-state index contributed by atoms with van der Waals surface area (Å²) in [5.41, 5.74) is 3.41. The zero-order chi connectivity index (χ0) is 18.7. The van der Waals surface area contributed by atoms with E-state index in [2.05, 4.69) is 39.7 Å². The van der Waals surface area contributed by atoms with Crippen molar-refractivity contribution in [2.24, 2.45) is 7.05 Å². The second-order valence-electron chi connectivity index (χ2n) is 5.76. The van der Waals surface area contributed by atoms with E-state index < -0.39 is 0 Å². The molecule has 1 amide bonds. The van der Waals surface area contributed by atoms with Crippen LogP contribution in [0, 0.1) is 13.8 Å². The molecule has 1 aromatic heterocycles. The van der Waals surface area contributed by atoms with Gasteiger partial charge < -0.3 is 4.90 Å². The van der Waals surface area contributed by atoms with Crippen LogP contribution in [0.4, 0.5) is 0 Å². The number of carbonyl (C=O) groups excluding carboxylic acids is 1. The summed E-state index contributed by atoms with van der Waals surface area (Å²) in [5, 5.41) is 4.40. The molecule has 1 rings (SSSR count). The van der Waals surface area contributed by atoms with Crippen molar-refractivity contribution in [1.29, 1.82) is 0 Å². The smallest absolute Gasteiger partial charge is 0.223 e. The standard InChI is InChI=1S/C15H27N3O.2C2H6.Ca/c1-10(2)18(11(3)4)15(19)9-8-14-12(5)16-17(7)13(14)6;2*1-2;/h10-11H,8-9H2,1-7H3;2*1-2H3;. The molecule has 0 aliphatic rings. The Labute approximate surface area is 180 Å². The molecule has 0 aliphatic carbocycles. The minimum Gasteiger partial charge on any atom is -0.338 e. The van der Waals surface area contributed by atoms with Crippen LogP contribution in [0.15, 0.2) is 0 Å². The van der Waals surface area contributed by atoms with Gasteiger partial charge in [-0.2, -0.15) is 5.10 Å². The van der Waals surface area contributed by atoms with Gasteiger partial charge in [0.15, 0.2) is 0 Å². The molecule has 24 heavy (non-hydrogen) atoms. The molecule has 0 fully saturated rings. The number of nitrogens with zero attached hydrogens (tertiary/aromatic N) is 3. The number of carbonyl (C=O) groups is 1. The molecule has 5 heteroatoms. The van der Waals surface area contributed by atoms with E-state index in [9.17, 15) is 4.79 Å². The molecular weight excluding hydrogens is 326 g/mol. The normalized spacial score (nSPS) is 9.54. The average Bonchev–Trinajstić information content (AvgIpc) is 2.73. The number of hydrogen-bond acceptors (Lipinski definition) is 2. The van der Waals surface area contributed by atoms with E-state index in [0.717, 1.165) is 17.8 Å². The van der Waals surface area contributed by atoms with Crippen molar-refractivity contribution in [3.8, 4) is 0 Å². The largest absolute Gasteiger partial charge is 0.338 e. The van der Waals surface area contributed by atoms with Crippen LogP contribution in [-0.4, -0.2) is 70.4 Å². The van der Waals surface area contributed by atoms with Gasteiger partial charge in [0.1, 0.15) is 0 Å². The second kappa shape index (κ2) is 15.2. The molecule has 0 unspecified atom stereocenters. The first-order valence-electron chi connectivity index (χ1n) is 9.06. The molecule has 0 atom stereocenters. The van der Waals surface area contributed by atoms with Crippen molar-refractivity contribution >= 4 is 43.6 Å². The van der Waals surface area contributed by atoms with E-state index in [1.54, 1.807) is 0 Å². The van der Waals surface area contributed by atoms with Gasteiger partial charge in [0.2, 0.25) is 5.91 Å². The topological polar surface area (TPSA) is 38.1 Å². The molecule has 4 nitrogen and oxygen atoms in total. The predicted octanol–water partition coefficient (Wildman–Crippen LogP) is 4.29. The first-order chi connectivity index (χ1) is 10.8. The fourth-order valence-corrected chi connectivity index (χ4v) is 2.71. The Balaban J connectivity index is -0.000000817. The van der Waals surface area contributed by atoms with Gasteiger partial charge >= 0.3 is 0 Å². The maximum Gasteiger partial charge on any atom is 0.223 e. The van der Waals surface area contributed by atoms with E-state index in [1.165, 1.54) is 5.56 Å². The number of aromatic nitrogens is 2. The number of aryl methyl sites for hydroxylation is 2. The van der Waals surface area contributed by atoms with Crippen LogP contribution >= 0.6 is 0 Å². The first kappa shape index (κ1) is 28.7. The maximum atomic E-state index is 12.3. The zero-order valence-corrected chi connectivity index (χ0v) is 20.2. The van der Waals surface area contributed by atoms with E-state index in [1.807, 2.05) is 51.2 Å². The molecule has 1 heterocycles. The van der Waals surface area contributed by atoms with Crippen LogP contribution in [0.2, 0.25) is 0 Å². The van der Waals surface area contributed by atoms with Gasteiger partial charge in [-0.1, -0.05) is 27.7 Å². The van der Waals surface area contributed by atoms with E-state index >= 15 is 0 Å². The van der Waals surface area contributed by atoms with Crippen molar-refractivity contribution in [2.75, 3.05) is 0 Å². The second-order valence-corrected chi connectivity index (χ2v) is 5.76. The SMILES string of the molecule is CC.CC.Cc1nn(C)c(C)c1CCC(=O)N(C(C)C)C(C)C.[Ca]. The van der Waals surface area contributed by atoms with Crippen LogP contribution < -0.4 is 0 Å². The molecule has 0 aliphatic heterocycles. The van der Waals surface area contributed by atoms with Crippen molar-refractivity contribution in [2.45, 2.75) is 94.2 Å². The first-order valence-corrected chi connectivity index (χ1v) is 9.06. The van der Waals surface area contributed by atoms with Crippen molar-refractivity contribution in [1.82, 2.24) is 14.7 Å². The van der Waals surface area contributed by atoms with Crippen molar-refractivity contribution in [3.63, 3.8) is 0 Å². The van der Waals surface area contributed by atoms with Crippen molar-refractivity contribution < 1.29 is 4.79 Å². The van der Waals surface area contributed by atoms with Gasteiger partial charge in [0.25, 0.3) is 0 Å². The molecule has 138 valence electrons. The molecule has 0 saturated heterocycles. The summed E-state index contributed by atoms with van der Waals surface area (Å²) in [6.45, 7) is 20.3. The van der Waals surface area contributed by atoms with Gasteiger partial charge in [-0.3, -0.25) is 9.48 Å². The number of hydrogen-bond donors (Lipinski definition) is 0. The van der Waals surface area contributed by atoms with Crippen molar-refractivity contribution in [3.05, 3.63) is 17.0 Å². The van der Waals surface area contributed by atoms with Gasteiger partial charge in [0, 0.05) is 69.0 Å². The summed E-state index contributed by atoms with van der Waals surface area (Å²) in [6.07, 6.45) is 1.34. The number of rotatable bonds is 5. The maximum absolute atomic E-state index is 12.3. The monoisotopic (exact) mass is 365 g/mol. The fraction of sp³-hybridized carbons (Fsp3) is 0.789. The summed E-state index contributed by atoms with van der Waals surface area (Å²) in [6, 6.07) is 0.507. The molecule has 1 aromatic rings. The zero-order valence-electron chi connectivity index (χ0n) is 18.0. The third kappa shape index (κ3) is 8.87. The van der Waals surface area contributed by atoms with Crippen LogP contribution in [-0.2, 0) is 18.3 Å². The summed E-state index contributed by atoms with van der Waals surface area (Å²) in [5.74, 6) is 0.229. The van der Waals surface area contributed by atoms with Gasteiger partial charge in [-0.25, -0.2) is 0 Å². The minimum absolute atomic E-state index is 0. The quantitative estimate of drug-likeness (QED) is 0.730. The van der Waals surface area contributed by atoms with E-state index in [-0.39, 0.29) is 55.7 Å².